The zero-order valence-electron chi connectivity index (χ0n) is 17.7. The van der Waals surface area contributed by atoms with E-state index in [1.54, 1.807) is 41.5 Å². The summed E-state index contributed by atoms with van der Waals surface area (Å²) in [5.74, 6) is 0.168. The Balaban J connectivity index is 1.93. The molecule has 0 spiro atoms. The molecule has 1 unspecified atom stereocenters. The highest BCUT2D eigenvalue weighted by Gasteiger charge is 2.33. The van der Waals surface area contributed by atoms with Crippen LogP contribution in [0.25, 0.3) is 6.08 Å². The van der Waals surface area contributed by atoms with Crippen molar-refractivity contribution in [3.63, 3.8) is 0 Å². The van der Waals surface area contributed by atoms with Crippen LogP contribution in [0.1, 0.15) is 31.1 Å². The van der Waals surface area contributed by atoms with E-state index in [0.717, 1.165) is 12.1 Å². The van der Waals surface area contributed by atoms with Gasteiger partial charge in [-0.25, -0.2) is 9.79 Å². The summed E-state index contributed by atoms with van der Waals surface area (Å²) in [6.45, 7) is 4.49. The molecule has 160 valence electrons. The molecular formula is C22H22N4O4S. The lowest BCUT2D eigenvalue weighted by atomic mass is 9.96. The molecule has 0 radical (unpaired) electrons. The molecule has 0 saturated carbocycles. The number of hydrogen-bond donors (Lipinski definition) is 0. The summed E-state index contributed by atoms with van der Waals surface area (Å²) in [4.78, 5) is 31.1. The summed E-state index contributed by atoms with van der Waals surface area (Å²) in [6.07, 6.45) is 3.61. The first kappa shape index (κ1) is 20.8. The van der Waals surface area contributed by atoms with E-state index in [9.17, 15) is 9.59 Å². The number of ether oxygens (including phenoxy) is 2. The Morgan fingerprint density at radius 3 is 2.58 bits per heavy atom. The number of carbonyl (C=O) groups excluding carboxylic acids is 1. The van der Waals surface area contributed by atoms with Gasteiger partial charge in [0.15, 0.2) is 4.80 Å². The molecule has 0 aliphatic carbocycles. The van der Waals surface area contributed by atoms with E-state index < -0.39 is 12.0 Å². The number of carbonyl (C=O) groups is 1. The van der Waals surface area contributed by atoms with Crippen molar-refractivity contribution >= 4 is 23.4 Å². The van der Waals surface area contributed by atoms with Crippen molar-refractivity contribution in [2.24, 2.45) is 4.99 Å². The van der Waals surface area contributed by atoms with Crippen molar-refractivity contribution in [3.8, 4) is 5.75 Å². The van der Waals surface area contributed by atoms with Gasteiger partial charge in [0.1, 0.15) is 5.75 Å². The fourth-order valence-electron chi connectivity index (χ4n) is 3.56. The molecule has 2 aromatic heterocycles. The Labute approximate surface area is 182 Å². The second-order valence-electron chi connectivity index (χ2n) is 6.94. The third kappa shape index (κ3) is 3.72. The maximum absolute atomic E-state index is 13.4. The lowest BCUT2D eigenvalue weighted by molar-refractivity contribution is -0.136. The number of aromatic nitrogens is 3. The van der Waals surface area contributed by atoms with Crippen LogP contribution in [0.3, 0.4) is 0 Å². The second-order valence-corrected chi connectivity index (χ2v) is 7.95. The van der Waals surface area contributed by atoms with Gasteiger partial charge in [-0.1, -0.05) is 23.5 Å². The Morgan fingerprint density at radius 2 is 1.97 bits per heavy atom. The molecule has 0 amide bonds. The van der Waals surface area contributed by atoms with Crippen molar-refractivity contribution in [2.75, 3.05) is 14.2 Å². The second kappa shape index (κ2) is 8.35. The van der Waals surface area contributed by atoms with Gasteiger partial charge in [0, 0.05) is 12.7 Å². The first-order valence-corrected chi connectivity index (χ1v) is 10.6. The van der Waals surface area contributed by atoms with Crippen LogP contribution in [0, 0.1) is 0 Å². The number of thiazole rings is 1. The van der Waals surface area contributed by atoms with Crippen molar-refractivity contribution in [2.45, 2.75) is 26.4 Å². The molecule has 1 aliphatic heterocycles. The number of methoxy groups -OCH3 is 2. The minimum atomic E-state index is -0.648. The molecule has 0 fully saturated rings. The maximum atomic E-state index is 13.4. The van der Waals surface area contributed by atoms with E-state index in [0.29, 0.717) is 32.0 Å². The average molecular weight is 439 g/mol. The monoisotopic (exact) mass is 438 g/mol. The Hall–Kier alpha value is -3.46. The van der Waals surface area contributed by atoms with Crippen LogP contribution >= 0.6 is 11.3 Å². The van der Waals surface area contributed by atoms with Crippen LogP contribution in [0.2, 0.25) is 0 Å². The minimum absolute atomic E-state index is 0.232. The number of rotatable bonds is 5. The molecule has 0 N–H and O–H groups in total. The molecule has 9 heteroatoms. The SMILES string of the molecule is CCn1ccc(C=c2sc3n(c2=O)C(c2ccc(OC)cc2)C(C(=O)OC)=C(C)N=3)n1. The number of aryl methyl sites for hydroxylation is 1. The van der Waals surface area contributed by atoms with Crippen LogP contribution in [-0.4, -0.2) is 34.5 Å². The minimum Gasteiger partial charge on any atom is -0.497 e. The van der Waals surface area contributed by atoms with Gasteiger partial charge in [0.05, 0.1) is 41.8 Å². The predicted octanol–water partition coefficient (Wildman–Crippen LogP) is 1.63. The number of allylic oxidation sites excluding steroid dienone is 1. The molecule has 1 aromatic carbocycles. The summed E-state index contributed by atoms with van der Waals surface area (Å²) in [6, 6.07) is 8.48. The molecule has 1 aliphatic rings. The molecule has 0 bridgehead atoms. The van der Waals surface area contributed by atoms with E-state index >= 15 is 0 Å². The van der Waals surface area contributed by atoms with Crippen molar-refractivity contribution < 1.29 is 14.3 Å². The molecule has 3 aromatic rings. The van der Waals surface area contributed by atoms with Gasteiger partial charge in [-0.3, -0.25) is 14.0 Å². The number of esters is 1. The Morgan fingerprint density at radius 1 is 1.23 bits per heavy atom. The Kier molecular flexibility index (Phi) is 5.60. The van der Waals surface area contributed by atoms with Crippen molar-refractivity contribution in [1.82, 2.24) is 14.3 Å². The standard InChI is InChI=1S/C22H22N4O4S/c1-5-25-11-10-15(24-25)12-17-20(27)26-19(14-6-8-16(29-3)9-7-14)18(21(28)30-4)13(2)23-22(26)31-17/h6-12,19H,5H2,1-4H3. The summed E-state index contributed by atoms with van der Waals surface area (Å²) in [7, 11) is 2.91. The summed E-state index contributed by atoms with van der Waals surface area (Å²) in [5, 5.41) is 4.43. The fraction of sp³-hybridized carbons (Fsp3) is 0.273. The molecule has 8 nitrogen and oxygen atoms in total. The lowest BCUT2D eigenvalue weighted by Gasteiger charge is -2.24. The first-order chi connectivity index (χ1) is 15.0. The van der Waals surface area contributed by atoms with E-state index in [1.165, 1.54) is 18.4 Å². The van der Waals surface area contributed by atoms with Gasteiger partial charge >= 0.3 is 5.97 Å². The predicted molar refractivity (Wildman–Crippen MR) is 117 cm³/mol. The Bertz CT molecular complexity index is 1350. The van der Waals surface area contributed by atoms with Crippen LogP contribution < -0.4 is 19.6 Å². The highest BCUT2D eigenvalue weighted by atomic mass is 32.1. The summed E-state index contributed by atoms with van der Waals surface area (Å²) >= 11 is 1.27. The maximum Gasteiger partial charge on any atom is 0.338 e. The highest BCUT2D eigenvalue weighted by molar-refractivity contribution is 7.07. The molecule has 4 rings (SSSR count). The third-order valence-electron chi connectivity index (χ3n) is 5.12. The molecule has 0 saturated heterocycles. The lowest BCUT2D eigenvalue weighted by Crippen LogP contribution is -2.39. The molecule has 1 atom stereocenters. The smallest absolute Gasteiger partial charge is 0.338 e. The number of fused-ring (bicyclic) bond motifs is 1. The quantitative estimate of drug-likeness (QED) is 0.565. The van der Waals surface area contributed by atoms with Gasteiger partial charge in [0.2, 0.25) is 0 Å². The zero-order valence-corrected chi connectivity index (χ0v) is 18.5. The van der Waals surface area contributed by atoms with E-state index in [1.807, 2.05) is 31.3 Å². The van der Waals surface area contributed by atoms with E-state index in [2.05, 4.69) is 10.1 Å². The number of benzene rings is 1. The van der Waals surface area contributed by atoms with Crippen LogP contribution in [0.5, 0.6) is 5.75 Å². The van der Waals surface area contributed by atoms with E-state index in [-0.39, 0.29) is 5.56 Å². The van der Waals surface area contributed by atoms with Gasteiger partial charge in [-0.15, -0.1) is 0 Å². The van der Waals surface area contributed by atoms with Gasteiger partial charge in [-0.05, 0) is 43.7 Å². The average Bonchev–Trinajstić information content (AvgIpc) is 3.36. The van der Waals surface area contributed by atoms with E-state index in [4.69, 9.17) is 9.47 Å². The third-order valence-corrected chi connectivity index (χ3v) is 6.11. The summed E-state index contributed by atoms with van der Waals surface area (Å²) in [5.41, 5.74) is 2.08. The molecular weight excluding hydrogens is 416 g/mol. The van der Waals surface area contributed by atoms with Gasteiger partial charge in [0.25, 0.3) is 5.56 Å². The first-order valence-electron chi connectivity index (χ1n) is 9.75. The molecule has 31 heavy (non-hydrogen) atoms. The zero-order chi connectivity index (χ0) is 22.1. The van der Waals surface area contributed by atoms with Crippen LogP contribution in [0.4, 0.5) is 0 Å². The fourth-order valence-corrected chi connectivity index (χ4v) is 4.59. The highest BCUT2D eigenvalue weighted by Crippen LogP contribution is 2.31. The largest absolute Gasteiger partial charge is 0.497 e. The molecule has 3 heterocycles. The number of hydrogen-bond acceptors (Lipinski definition) is 7. The summed E-state index contributed by atoms with van der Waals surface area (Å²) < 4.78 is 14.1. The number of nitrogens with zero attached hydrogens (tertiary/aromatic N) is 4. The normalized spacial score (nSPS) is 16.1. The topological polar surface area (TPSA) is 87.7 Å². The van der Waals surface area contributed by atoms with Crippen molar-refractivity contribution in [1.29, 1.82) is 0 Å². The van der Waals surface area contributed by atoms with Gasteiger partial charge < -0.3 is 9.47 Å². The van der Waals surface area contributed by atoms with Crippen LogP contribution in [0.15, 0.2) is 57.6 Å². The van der Waals surface area contributed by atoms with Crippen molar-refractivity contribution in [3.05, 3.63) is 78.7 Å². The van der Waals surface area contributed by atoms with Gasteiger partial charge in [-0.2, -0.15) is 5.10 Å². The van der Waals surface area contributed by atoms with Crippen LogP contribution in [-0.2, 0) is 16.1 Å².